The van der Waals surface area contributed by atoms with E-state index in [0.29, 0.717) is 6.54 Å². The second-order valence-corrected chi connectivity index (χ2v) is 6.52. The monoisotopic (exact) mass is 330 g/mol. The fraction of sp³-hybridized carbons (Fsp3) is 0.556. The van der Waals surface area contributed by atoms with Crippen molar-refractivity contribution in [2.75, 3.05) is 19.6 Å². The molecule has 1 aliphatic rings. The van der Waals surface area contributed by atoms with E-state index in [-0.39, 0.29) is 18.5 Å². The predicted octanol–water partition coefficient (Wildman–Crippen LogP) is 2.44. The summed E-state index contributed by atoms with van der Waals surface area (Å²) in [6.45, 7) is 6.82. The van der Waals surface area contributed by atoms with E-state index in [2.05, 4.69) is 15.3 Å². The fourth-order valence-corrected chi connectivity index (χ4v) is 3.36. The Hall–Kier alpha value is -2.08. The lowest BCUT2D eigenvalue weighted by atomic mass is 10.1. The summed E-state index contributed by atoms with van der Waals surface area (Å²) in [5.41, 5.74) is 1.93. The molecule has 1 N–H and O–H groups in total. The van der Waals surface area contributed by atoms with Gasteiger partial charge in [0.2, 0.25) is 5.91 Å². The van der Waals surface area contributed by atoms with Crippen molar-refractivity contribution < 1.29 is 9.21 Å². The Morgan fingerprint density at radius 2 is 2.12 bits per heavy atom. The van der Waals surface area contributed by atoms with Crippen molar-refractivity contribution in [1.82, 2.24) is 20.0 Å². The minimum atomic E-state index is -0.0187. The number of piperidine rings is 1. The third-order valence-corrected chi connectivity index (χ3v) is 4.59. The maximum atomic E-state index is 12.3. The molecule has 1 atom stereocenters. The Morgan fingerprint density at radius 1 is 1.33 bits per heavy atom. The highest BCUT2D eigenvalue weighted by Crippen LogP contribution is 2.24. The van der Waals surface area contributed by atoms with Crippen molar-refractivity contribution in [1.29, 1.82) is 0 Å². The molecule has 0 aliphatic carbocycles. The first kappa shape index (κ1) is 16.8. The van der Waals surface area contributed by atoms with Gasteiger partial charge in [-0.25, -0.2) is 0 Å². The van der Waals surface area contributed by atoms with Crippen molar-refractivity contribution in [2.24, 2.45) is 0 Å². The molecule has 2 aromatic heterocycles. The molecule has 0 aromatic carbocycles. The van der Waals surface area contributed by atoms with E-state index < -0.39 is 0 Å². The van der Waals surface area contributed by atoms with Crippen LogP contribution in [0.25, 0.3) is 0 Å². The van der Waals surface area contributed by atoms with Crippen molar-refractivity contribution in [2.45, 2.75) is 45.7 Å². The Balaban J connectivity index is 1.60. The first-order valence-electron chi connectivity index (χ1n) is 8.68. The Morgan fingerprint density at radius 3 is 2.75 bits per heavy atom. The molecule has 0 spiro atoms. The fourth-order valence-electron chi connectivity index (χ4n) is 3.36. The second kappa shape index (κ2) is 7.66. The third kappa shape index (κ3) is 4.06. The second-order valence-electron chi connectivity index (χ2n) is 6.52. The highest BCUT2D eigenvalue weighted by atomic mass is 16.3. The Bertz CT molecular complexity index is 657. The number of carbonyl (C=O) groups excluding carboxylic acids is 1. The van der Waals surface area contributed by atoms with Crippen molar-refractivity contribution in [3.8, 4) is 0 Å². The average molecular weight is 330 g/mol. The van der Waals surface area contributed by atoms with E-state index in [0.717, 1.165) is 30.2 Å². The standard InChI is InChI=1S/C18H26N4O2/c1-14-11-15(2)22(20-14)13-18(23)19-12-16(17-7-6-10-24-17)21-8-4-3-5-9-21/h6-7,10-11,16H,3-5,8-9,12-13H2,1-2H3,(H,19,23)/t16-/m0/s1. The molecule has 0 bridgehead atoms. The smallest absolute Gasteiger partial charge is 0.241 e. The van der Waals surface area contributed by atoms with Gasteiger partial charge in [-0.1, -0.05) is 6.42 Å². The summed E-state index contributed by atoms with van der Waals surface area (Å²) in [4.78, 5) is 14.7. The number of nitrogens with zero attached hydrogens (tertiary/aromatic N) is 3. The Kier molecular flexibility index (Phi) is 5.35. The van der Waals surface area contributed by atoms with Crippen LogP contribution in [-0.4, -0.2) is 40.2 Å². The molecule has 1 saturated heterocycles. The van der Waals surface area contributed by atoms with E-state index in [1.54, 1.807) is 10.9 Å². The molecular formula is C18H26N4O2. The van der Waals surface area contributed by atoms with Crippen LogP contribution in [0.4, 0.5) is 0 Å². The number of rotatable bonds is 6. The molecule has 130 valence electrons. The van der Waals surface area contributed by atoms with Gasteiger partial charge in [0.05, 0.1) is 18.0 Å². The van der Waals surface area contributed by atoms with Crippen LogP contribution in [0.15, 0.2) is 28.9 Å². The predicted molar refractivity (Wildman–Crippen MR) is 91.6 cm³/mol. The van der Waals surface area contributed by atoms with Gasteiger partial charge in [0.15, 0.2) is 0 Å². The molecule has 6 heteroatoms. The molecule has 1 fully saturated rings. The van der Waals surface area contributed by atoms with Gasteiger partial charge in [-0.15, -0.1) is 0 Å². The van der Waals surface area contributed by atoms with Gasteiger partial charge in [-0.05, 0) is 58.0 Å². The van der Waals surface area contributed by atoms with Gasteiger partial charge in [0, 0.05) is 12.2 Å². The summed E-state index contributed by atoms with van der Waals surface area (Å²) in [6, 6.07) is 5.98. The summed E-state index contributed by atoms with van der Waals surface area (Å²) in [5, 5.41) is 7.40. The SMILES string of the molecule is Cc1cc(C)n(CC(=O)NC[C@@H](c2ccco2)N2CCCCC2)n1. The minimum Gasteiger partial charge on any atom is -0.468 e. The topological polar surface area (TPSA) is 63.3 Å². The van der Waals surface area contributed by atoms with E-state index >= 15 is 0 Å². The van der Waals surface area contributed by atoms with Crippen LogP contribution < -0.4 is 5.32 Å². The number of aryl methyl sites for hydroxylation is 2. The minimum absolute atomic E-state index is 0.0187. The molecular weight excluding hydrogens is 304 g/mol. The largest absolute Gasteiger partial charge is 0.468 e. The maximum Gasteiger partial charge on any atom is 0.241 e. The number of nitrogens with one attached hydrogen (secondary N) is 1. The number of carbonyl (C=O) groups is 1. The lowest BCUT2D eigenvalue weighted by Crippen LogP contribution is -2.41. The van der Waals surface area contributed by atoms with Crippen molar-refractivity contribution in [3.05, 3.63) is 41.6 Å². The van der Waals surface area contributed by atoms with Gasteiger partial charge in [-0.3, -0.25) is 14.4 Å². The van der Waals surface area contributed by atoms with E-state index in [1.807, 2.05) is 32.0 Å². The summed E-state index contributed by atoms with van der Waals surface area (Å²) in [5.74, 6) is 0.901. The summed E-state index contributed by atoms with van der Waals surface area (Å²) in [6.07, 6.45) is 5.39. The molecule has 3 rings (SSSR count). The van der Waals surface area contributed by atoms with Crippen LogP contribution in [0.2, 0.25) is 0 Å². The van der Waals surface area contributed by atoms with Gasteiger partial charge < -0.3 is 9.73 Å². The molecule has 6 nitrogen and oxygen atoms in total. The highest BCUT2D eigenvalue weighted by Gasteiger charge is 2.25. The lowest BCUT2D eigenvalue weighted by molar-refractivity contribution is -0.122. The molecule has 0 unspecified atom stereocenters. The van der Waals surface area contributed by atoms with Crippen molar-refractivity contribution >= 4 is 5.91 Å². The molecule has 3 heterocycles. The van der Waals surface area contributed by atoms with E-state index in [1.165, 1.54) is 19.3 Å². The molecule has 2 aromatic rings. The summed E-state index contributed by atoms with van der Waals surface area (Å²) in [7, 11) is 0. The van der Waals surface area contributed by atoms with E-state index in [9.17, 15) is 4.79 Å². The van der Waals surface area contributed by atoms with Gasteiger partial charge in [0.1, 0.15) is 12.3 Å². The number of amides is 1. The van der Waals surface area contributed by atoms with Gasteiger partial charge in [0.25, 0.3) is 0 Å². The van der Waals surface area contributed by atoms with Gasteiger partial charge >= 0.3 is 0 Å². The average Bonchev–Trinajstić information content (AvgIpc) is 3.19. The zero-order chi connectivity index (χ0) is 16.9. The van der Waals surface area contributed by atoms with Crippen LogP contribution in [-0.2, 0) is 11.3 Å². The summed E-state index contributed by atoms with van der Waals surface area (Å²) < 4.78 is 7.35. The van der Waals surface area contributed by atoms with Crippen LogP contribution >= 0.6 is 0 Å². The maximum absolute atomic E-state index is 12.3. The number of furan rings is 1. The number of hydrogen-bond acceptors (Lipinski definition) is 4. The normalized spacial score (nSPS) is 16.9. The van der Waals surface area contributed by atoms with Gasteiger partial charge in [-0.2, -0.15) is 5.10 Å². The first-order valence-corrected chi connectivity index (χ1v) is 8.68. The van der Waals surface area contributed by atoms with Crippen LogP contribution in [0.5, 0.6) is 0 Å². The highest BCUT2D eigenvalue weighted by molar-refractivity contribution is 5.75. The van der Waals surface area contributed by atoms with E-state index in [4.69, 9.17) is 4.42 Å². The Labute approximate surface area is 142 Å². The quantitative estimate of drug-likeness (QED) is 0.883. The summed E-state index contributed by atoms with van der Waals surface area (Å²) >= 11 is 0. The number of hydrogen-bond donors (Lipinski definition) is 1. The first-order chi connectivity index (χ1) is 11.6. The molecule has 0 saturated carbocycles. The van der Waals surface area contributed by atoms with Crippen LogP contribution in [0.1, 0.15) is 42.5 Å². The van der Waals surface area contributed by atoms with Crippen LogP contribution in [0.3, 0.4) is 0 Å². The third-order valence-electron chi connectivity index (χ3n) is 4.59. The van der Waals surface area contributed by atoms with Crippen LogP contribution in [0, 0.1) is 13.8 Å². The number of likely N-dealkylation sites (tertiary alicyclic amines) is 1. The number of aromatic nitrogens is 2. The lowest BCUT2D eigenvalue weighted by Gasteiger charge is -2.33. The zero-order valence-corrected chi connectivity index (χ0v) is 14.5. The van der Waals surface area contributed by atoms with Crippen molar-refractivity contribution in [3.63, 3.8) is 0 Å². The molecule has 1 amide bonds. The molecule has 1 aliphatic heterocycles. The zero-order valence-electron chi connectivity index (χ0n) is 14.5. The molecule has 24 heavy (non-hydrogen) atoms. The molecule has 0 radical (unpaired) electrons.